The van der Waals surface area contributed by atoms with E-state index in [4.69, 9.17) is 11.0 Å². The molecule has 1 aromatic carbocycles. The zero-order chi connectivity index (χ0) is 14.0. The number of anilines is 3. The Morgan fingerprint density at radius 2 is 2.00 bits per heavy atom. The number of aromatic nitrogens is 1. The molecule has 0 aliphatic heterocycles. The lowest BCUT2D eigenvalue weighted by atomic mass is 10.2. The Morgan fingerprint density at radius 1 is 1.26 bits per heavy atom. The lowest BCUT2D eigenvalue weighted by Gasteiger charge is -2.08. The smallest absolute Gasteiger partial charge is 0.165 e. The van der Waals surface area contributed by atoms with Crippen LogP contribution in [0.5, 0.6) is 0 Å². The van der Waals surface area contributed by atoms with E-state index in [1.54, 1.807) is 6.07 Å². The molecular weight excluding hydrogens is 318 g/mol. The molecule has 0 bridgehead atoms. The summed E-state index contributed by atoms with van der Waals surface area (Å²) in [5.74, 6) is -1.06. The average Bonchev–Trinajstić information content (AvgIpc) is 2.38. The highest BCUT2D eigenvalue weighted by atomic mass is 79.9. The highest BCUT2D eigenvalue weighted by molar-refractivity contribution is 9.10. The number of hydrogen-bond donors (Lipinski definition) is 2. The first-order valence-corrected chi connectivity index (χ1v) is 5.88. The highest BCUT2D eigenvalue weighted by Crippen LogP contribution is 2.26. The van der Waals surface area contributed by atoms with Crippen LogP contribution in [0.4, 0.5) is 26.0 Å². The van der Waals surface area contributed by atoms with Gasteiger partial charge in [-0.2, -0.15) is 5.26 Å². The van der Waals surface area contributed by atoms with Crippen molar-refractivity contribution in [2.24, 2.45) is 0 Å². The molecule has 0 spiro atoms. The predicted molar refractivity (Wildman–Crippen MR) is 70.7 cm³/mol. The molecule has 0 aliphatic carbocycles. The van der Waals surface area contributed by atoms with Crippen LogP contribution in [0, 0.1) is 23.0 Å². The van der Waals surface area contributed by atoms with E-state index in [1.807, 2.05) is 0 Å². The van der Waals surface area contributed by atoms with Crippen molar-refractivity contribution in [1.82, 2.24) is 4.98 Å². The van der Waals surface area contributed by atoms with Crippen LogP contribution in [-0.2, 0) is 0 Å². The van der Waals surface area contributed by atoms with E-state index < -0.39 is 11.6 Å². The van der Waals surface area contributed by atoms with Crippen LogP contribution in [0.1, 0.15) is 5.69 Å². The molecule has 0 saturated carbocycles. The Kier molecular flexibility index (Phi) is 3.62. The summed E-state index contributed by atoms with van der Waals surface area (Å²) in [5, 5.41) is 11.4. The number of pyridine rings is 1. The van der Waals surface area contributed by atoms with E-state index >= 15 is 0 Å². The fourth-order valence-corrected chi connectivity index (χ4v) is 1.70. The first kappa shape index (κ1) is 13.2. The normalized spacial score (nSPS) is 10.0. The number of nitriles is 1. The molecule has 0 unspecified atom stereocenters. The second-order valence-electron chi connectivity index (χ2n) is 3.62. The van der Waals surface area contributed by atoms with Gasteiger partial charge in [-0.3, -0.25) is 0 Å². The molecule has 96 valence electrons. The van der Waals surface area contributed by atoms with Gasteiger partial charge < -0.3 is 11.1 Å². The zero-order valence-corrected chi connectivity index (χ0v) is 11.0. The SMILES string of the molecule is N#Cc1nc(Nc2cc(F)c(Br)cc2F)ccc1N. The molecule has 2 rings (SSSR count). The van der Waals surface area contributed by atoms with Gasteiger partial charge >= 0.3 is 0 Å². The minimum atomic E-state index is -0.648. The minimum absolute atomic E-state index is 0.0167. The molecule has 2 aromatic rings. The van der Waals surface area contributed by atoms with Crippen molar-refractivity contribution in [3.05, 3.63) is 46.1 Å². The Morgan fingerprint density at radius 3 is 2.68 bits per heavy atom. The Balaban J connectivity index is 2.37. The number of rotatable bonds is 2. The summed E-state index contributed by atoms with van der Waals surface area (Å²) in [7, 11) is 0. The lowest BCUT2D eigenvalue weighted by molar-refractivity contribution is 0.598. The van der Waals surface area contributed by atoms with Gasteiger partial charge in [0.1, 0.15) is 23.5 Å². The first-order chi connectivity index (χ1) is 9.01. The highest BCUT2D eigenvalue weighted by Gasteiger charge is 2.10. The fourth-order valence-electron chi connectivity index (χ4n) is 1.39. The van der Waals surface area contributed by atoms with Crippen molar-refractivity contribution < 1.29 is 8.78 Å². The van der Waals surface area contributed by atoms with Crippen LogP contribution in [0.3, 0.4) is 0 Å². The maximum absolute atomic E-state index is 13.6. The van der Waals surface area contributed by atoms with Gasteiger partial charge in [0.2, 0.25) is 0 Å². The third-order valence-electron chi connectivity index (χ3n) is 2.31. The average molecular weight is 325 g/mol. The molecule has 0 amide bonds. The molecule has 0 aliphatic rings. The Bertz CT molecular complexity index is 682. The van der Waals surface area contributed by atoms with E-state index in [1.165, 1.54) is 12.1 Å². The molecule has 4 nitrogen and oxygen atoms in total. The van der Waals surface area contributed by atoms with Crippen molar-refractivity contribution in [3.63, 3.8) is 0 Å². The number of nitrogens with one attached hydrogen (secondary N) is 1. The molecule has 1 aromatic heterocycles. The van der Waals surface area contributed by atoms with Crippen molar-refractivity contribution in [3.8, 4) is 6.07 Å². The zero-order valence-electron chi connectivity index (χ0n) is 9.42. The van der Waals surface area contributed by atoms with Crippen LogP contribution in [0.2, 0.25) is 0 Å². The maximum atomic E-state index is 13.6. The molecule has 7 heteroatoms. The van der Waals surface area contributed by atoms with Crippen molar-refractivity contribution in [2.45, 2.75) is 0 Å². The van der Waals surface area contributed by atoms with Crippen LogP contribution in [-0.4, -0.2) is 4.98 Å². The number of nitrogen functional groups attached to an aromatic ring is 1. The molecule has 19 heavy (non-hydrogen) atoms. The summed E-state index contributed by atoms with van der Waals surface area (Å²) in [6.07, 6.45) is 0. The number of halogens is 3. The van der Waals surface area contributed by atoms with Crippen molar-refractivity contribution >= 4 is 33.1 Å². The molecule has 1 heterocycles. The van der Waals surface area contributed by atoms with E-state index in [0.29, 0.717) is 0 Å². The number of benzene rings is 1. The number of nitrogens with two attached hydrogens (primary N) is 1. The van der Waals surface area contributed by atoms with Crippen LogP contribution in [0.25, 0.3) is 0 Å². The molecule has 0 fully saturated rings. The van der Waals surface area contributed by atoms with Crippen molar-refractivity contribution in [1.29, 1.82) is 5.26 Å². The summed E-state index contributed by atoms with van der Waals surface area (Å²) in [5.41, 5.74) is 5.67. The third kappa shape index (κ3) is 2.80. The molecule has 0 radical (unpaired) electrons. The monoisotopic (exact) mass is 324 g/mol. The van der Waals surface area contributed by atoms with Crippen LogP contribution >= 0.6 is 15.9 Å². The summed E-state index contributed by atoms with van der Waals surface area (Å²) in [4.78, 5) is 3.88. The Labute approximate surface area is 116 Å². The predicted octanol–water partition coefficient (Wildman–Crippen LogP) is 3.32. The maximum Gasteiger partial charge on any atom is 0.165 e. The fraction of sp³-hybridized carbons (Fsp3) is 0. The van der Waals surface area contributed by atoms with Gasteiger partial charge in [0.25, 0.3) is 0 Å². The lowest BCUT2D eigenvalue weighted by Crippen LogP contribution is -2.01. The van der Waals surface area contributed by atoms with Gasteiger partial charge in [-0.1, -0.05) is 0 Å². The van der Waals surface area contributed by atoms with Gasteiger partial charge in [-0.05, 0) is 34.1 Å². The molecule has 3 N–H and O–H groups in total. The summed E-state index contributed by atoms with van der Waals surface area (Å²) in [6, 6.07) is 6.72. The van der Waals surface area contributed by atoms with Crippen LogP contribution < -0.4 is 11.1 Å². The Hall–Kier alpha value is -2.20. The van der Waals surface area contributed by atoms with Crippen LogP contribution in [0.15, 0.2) is 28.7 Å². The van der Waals surface area contributed by atoms with E-state index in [2.05, 4.69) is 26.2 Å². The van der Waals surface area contributed by atoms with E-state index in [-0.39, 0.29) is 27.4 Å². The number of nitrogens with zero attached hydrogens (tertiary/aromatic N) is 2. The second-order valence-corrected chi connectivity index (χ2v) is 4.47. The van der Waals surface area contributed by atoms with Gasteiger partial charge in [-0.15, -0.1) is 0 Å². The number of hydrogen-bond acceptors (Lipinski definition) is 4. The van der Waals surface area contributed by atoms with E-state index in [0.717, 1.165) is 12.1 Å². The molecular formula is C12H7BrF2N4. The molecule has 0 saturated heterocycles. The quantitative estimate of drug-likeness (QED) is 0.831. The van der Waals surface area contributed by atoms with Gasteiger partial charge in [0, 0.05) is 6.07 Å². The second kappa shape index (κ2) is 5.20. The minimum Gasteiger partial charge on any atom is -0.396 e. The topological polar surface area (TPSA) is 74.7 Å². The van der Waals surface area contributed by atoms with E-state index in [9.17, 15) is 8.78 Å². The summed E-state index contributed by atoms with van der Waals surface area (Å²) < 4.78 is 27.0. The first-order valence-electron chi connectivity index (χ1n) is 5.09. The molecule has 0 atom stereocenters. The van der Waals surface area contributed by atoms with Gasteiger partial charge in [0.05, 0.1) is 15.8 Å². The third-order valence-corrected chi connectivity index (χ3v) is 2.91. The van der Waals surface area contributed by atoms with Gasteiger partial charge in [0.15, 0.2) is 5.69 Å². The largest absolute Gasteiger partial charge is 0.396 e. The summed E-state index contributed by atoms with van der Waals surface area (Å²) >= 11 is 2.88. The van der Waals surface area contributed by atoms with Gasteiger partial charge in [-0.25, -0.2) is 13.8 Å². The van der Waals surface area contributed by atoms with Crippen molar-refractivity contribution in [2.75, 3.05) is 11.1 Å². The summed E-state index contributed by atoms with van der Waals surface area (Å²) in [6.45, 7) is 0. The standard InChI is InChI=1S/C12H7BrF2N4/c13-6-3-8(15)10(4-7(6)14)18-12-2-1-9(17)11(5-16)19-12/h1-4H,17H2,(H,18,19).